The van der Waals surface area contributed by atoms with Crippen LogP contribution in [-0.2, 0) is 0 Å². The van der Waals surface area contributed by atoms with E-state index in [4.69, 9.17) is 11.6 Å². The van der Waals surface area contributed by atoms with Crippen molar-refractivity contribution in [1.82, 2.24) is 9.97 Å². The third-order valence-corrected chi connectivity index (χ3v) is 2.64. The minimum Gasteiger partial charge on any atom is -0.492 e. The number of benzene rings is 1. The number of hydrogen-bond donors (Lipinski definition) is 1. The summed E-state index contributed by atoms with van der Waals surface area (Å²) in [6.07, 6.45) is 1.43. The van der Waals surface area contributed by atoms with Gasteiger partial charge in [-0.2, -0.15) is 4.98 Å². The van der Waals surface area contributed by atoms with Gasteiger partial charge >= 0.3 is 0 Å². The quantitative estimate of drug-likeness (QED) is 0.909. The average Bonchev–Trinajstić information content (AvgIpc) is 2.31. The van der Waals surface area contributed by atoms with Gasteiger partial charge in [-0.1, -0.05) is 11.6 Å². The summed E-state index contributed by atoms with van der Waals surface area (Å²) in [5, 5.41) is 10.1. The molecular formula is C12H11ClFN3O. The molecule has 0 radical (unpaired) electrons. The summed E-state index contributed by atoms with van der Waals surface area (Å²) < 4.78 is 13.6. The first kappa shape index (κ1) is 12.6. The lowest BCUT2D eigenvalue weighted by molar-refractivity contribution is 0.453. The molecule has 0 fully saturated rings. The molecule has 1 aromatic carbocycles. The molecule has 6 heteroatoms. The van der Waals surface area contributed by atoms with Crippen molar-refractivity contribution < 1.29 is 9.50 Å². The molecule has 0 aliphatic heterocycles. The third kappa shape index (κ3) is 2.36. The number of hydrogen-bond acceptors (Lipinski definition) is 4. The molecule has 1 N–H and O–H groups in total. The summed E-state index contributed by atoms with van der Waals surface area (Å²) in [5.41, 5.74) is 0.615. The summed E-state index contributed by atoms with van der Waals surface area (Å²) in [4.78, 5) is 9.55. The van der Waals surface area contributed by atoms with Crippen molar-refractivity contribution >= 4 is 17.3 Å². The molecular weight excluding hydrogens is 257 g/mol. The smallest absolute Gasteiger partial charge is 0.238 e. The van der Waals surface area contributed by atoms with Gasteiger partial charge in [0.2, 0.25) is 5.88 Å². The molecule has 1 aromatic heterocycles. The second-order valence-electron chi connectivity index (χ2n) is 3.92. The molecule has 0 aliphatic carbocycles. The van der Waals surface area contributed by atoms with Crippen LogP contribution in [0.15, 0.2) is 24.4 Å². The zero-order valence-electron chi connectivity index (χ0n) is 9.85. The lowest BCUT2D eigenvalue weighted by atomic mass is 10.2. The highest BCUT2D eigenvalue weighted by Gasteiger charge is 2.12. The van der Waals surface area contributed by atoms with E-state index in [9.17, 15) is 9.50 Å². The molecule has 0 unspecified atom stereocenters. The van der Waals surface area contributed by atoms with E-state index in [1.54, 1.807) is 19.0 Å². The van der Waals surface area contributed by atoms with Gasteiger partial charge in [0.05, 0.1) is 11.8 Å². The van der Waals surface area contributed by atoms with Gasteiger partial charge < -0.3 is 10.0 Å². The normalized spacial score (nSPS) is 10.4. The van der Waals surface area contributed by atoms with E-state index in [0.717, 1.165) is 0 Å². The summed E-state index contributed by atoms with van der Waals surface area (Å²) in [5.74, 6) is -0.598. The van der Waals surface area contributed by atoms with Crippen LogP contribution in [0.1, 0.15) is 0 Å². The Kier molecular flexibility index (Phi) is 3.34. The van der Waals surface area contributed by atoms with E-state index in [1.807, 2.05) is 0 Å². The Morgan fingerprint density at radius 3 is 2.67 bits per heavy atom. The summed E-state index contributed by atoms with van der Waals surface area (Å²) in [6, 6.07) is 4.09. The van der Waals surface area contributed by atoms with Crippen molar-refractivity contribution in [2.24, 2.45) is 0 Å². The minimum absolute atomic E-state index is 0.0955. The van der Waals surface area contributed by atoms with Crippen LogP contribution in [0.3, 0.4) is 0 Å². The molecule has 0 atom stereocenters. The largest absolute Gasteiger partial charge is 0.492 e. The van der Waals surface area contributed by atoms with Gasteiger partial charge in [0.1, 0.15) is 11.5 Å². The standard InChI is InChI=1S/C12H11ClFN3O/c1-17(2)10-6-15-11(16-12(10)18)8-5-7(13)3-4-9(8)14/h3-6H,1-2H3,(H,15,16,18). The van der Waals surface area contributed by atoms with Crippen molar-refractivity contribution in [3.8, 4) is 17.3 Å². The van der Waals surface area contributed by atoms with E-state index >= 15 is 0 Å². The highest BCUT2D eigenvalue weighted by Crippen LogP contribution is 2.28. The molecule has 94 valence electrons. The Bertz CT molecular complexity index is 590. The Labute approximate surface area is 109 Å². The van der Waals surface area contributed by atoms with Crippen molar-refractivity contribution in [1.29, 1.82) is 0 Å². The minimum atomic E-state index is -0.489. The number of rotatable bonds is 2. The second-order valence-corrected chi connectivity index (χ2v) is 4.36. The molecule has 2 rings (SSSR count). The first-order valence-corrected chi connectivity index (χ1v) is 5.55. The van der Waals surface area contributed by atoms with E-state index in [-0.39, 0.29) is 17.3 Å². The van der Waals surface area contributed by atoms with Crippen LogP contribution >= 0.6 is 11.6 Å². The molecule has 0 bridgehead atoms. The molecule has 2 aromatic rings. The van der Waals surface area contributed by atoms with Gasteiger partial charge in [0, 0.05) is 19.1 Å². The predicted molar refractivity (Wildman–Crippen MR) is 68.4 cm³/mol. The maximum atomic E-state index is 13.6. The van der Waals surface area contributed by atoms with Gasteiger partial charge in [0.25, 0.3) is 0 Å². The van der Waals surface area contributed by atoms with Crippen LogP contribution in [0.4, 0.5) is 10.1 Å². The zero-order valence-corrected chi connectivity index (χ0v) is 10.6. The van der Waals surface area contributed by atoms with E-state index in [1.165, 1.54) is 24.4 Å². The van der Waals surface area contributed by atoms with Crippen LogP contribution in [-0.4, -0.2) is 29.2 Å². The van der Waals surface area contributed by atoms with Crippen LogP contribution in [0, 0.1) is 5.82 Å². The molecule has 0 spiro atoms. The van der Waals surface area contributed by atoms with Gasteiger partial charge in [-0.05, 0) is 18.2 Å². The molecule has 0 amide bonds. The van der Waals surface area contributed by atoms with Gasteiger partial charge in [0.15, 0.2) is 5.82 Å². The Morgan fingerprint density at radius 1 is 1.33 bits per heavy atom. The third-order valence-electron chi connectivity index (χ3n) is 2.40. The molecule has 18 heavy (non-hydrogen) atoms. The zero-order chi connectivity index (χ0) is 13.3. The molecule has 4 nitrogen and oxygen atoms in total. The summed E-state index contributed by atoms with van der Waals surface area (Å²) in [7, 11) is 3.50. The van der Waals surface area contributed by atoms with Crippen LogP contribution in [0.5, 0.6) is 5.88 Å². The Morgan fingerprint density at radius 2 is 2.06 bits per heavy atom. The van der Waals surface area contributed by atoms with E-state index < -0.39 is 5.82 Å². The lowest BCUT2D eigenvalue weighted by Gasteiger charge is -2.13. The first-order valence-electron chi connectivity index (χ1n) is 5.18. The first-order chi connectivity index (χ1) is 8.49. The fraction of sp³-hybridized carbons (Fsp3) is 0.167. The monoisotopic (exact) mass is 267 g/mol. The fourth-order valence-electron chi connectivity index (χ4n) is 1.48. The molecule has 0 aliphatic rings. The van der Waals surface area contributed by atoms with Crippen molar-refractivity contribution in [2.75, 3.05) is 19.0 Å². The van der Waals surface area contributed by atoms with E-state index in [2.05, 4.69) is 9.97 Å². The molecule has 0 saturated heterocycles. The number of aromatic hydroxyl groups is 1. The number of halogens is 2. The van der Waals surface area contributed by atoms with Crippen LogP contribution in [0.25, 0.3) is 11.4 Å². The van der Waals surface area contributed by atoms with Gasteiger partial charge in [-0.15, -0.1) is 0 Å². The Hall–Kier alpha value is -1.88. The topological polar surface area (TPSA) is 49.2 Å². The maximum Gasteiger partial charge on any atom is 0.238 e. The predicted octanol–water partition coefficient (Wildman–Crippen LogP) is 2.71. The molecule has 0 saturated carbocycles. The SMILES string of the molecule is CN(C)c1cnc(-c2cc(Cl)ccc2F)nc1O. The average molecular weight is 268 g/mol. The summed E-state index contributed by atoms with van der Waals surface area (Å²) in [6.45, 7) is 0. The van der Waals surface area contributed by atoms with Crippen molar-refractivity contribution in [3.63, 3.8) is 0 Å². The number of nitrogens with zero attached hydrogens (tertiary/aromatic N) is 3. The van der Waals surface area contributed by atoms with Gasteiger partial charge in [-0.3, -0.25) is 0 Å². The summed E-state index contributed by atoms with van der Waals surface area (Å²) >= 11 is 5.80. The highest BCUT2D eigenvalue weighted by molar-refractivity contribution is 6.30. The Balaban J connectivity index is 2.52. The van der Waals surface area contributed by atoms with Crippen molar-refractivity contribution in [3.05, 3.63) is 35.2 Å². The maximum absolute atomic E-state index is 13.6. The molecule has 1 heterocycles. The second kappa shape index (κ2) is 4.78. The fourth-order valence-corrected chi connectivity index (χ4v) is 1.65. The van der Waals surface area contributed by atoms with E-state index in [0.29, 0.717) is 10.7 Å². The van der Waals surface area contributed by atoms with Crippen molar-refractivity contribution in [2.45, 2.75) is 0 Å². The van der Waals surface area contributed by atoms with Gasteiger partial charge in [-0.25, -0.2) is 9.37 Å². The number of aromatic nitrogens is 2. The number of anilines is 1. The van der Waals surface area contributed by atoms with Crippen LogP contribution < -0.4 is 4.90 Å². The van der Waals surface area contributed by atoms with Crippen LogP contribution in [0.2, 0.25) is 5.02 Å². The lowest BCUT2D eigenvalue weighted by Crippen LogP contribution is -2.10. The highest BCUT2D eigenvalue weighted by atomic mass is 35.5.